The number of hydrogen-bond donors (Lipinski definition) is 2. The molecule has 0 aliphatic heterocycles. The smallest absolute Gasteiger partial charge is 0.308 e. The van der Waals surface area contributed by atoms with Gasteiger partial charge in [0.2, 0.25) is 5.91 Å². The summed E-state index contributed by atoms with van der Waals surface area (Å²) in [6, 6.07) is 15.2. The van der Waals surface area contributed by atoms with Gasteiger partial charge in [0, 0.05) is 17.6 Å². The largest absolute Gasteiger partial charge is 0.455 e. The Morgan fingerprint density at radius 2 is 1.81 bits per heavy atom. The van der Waals surface area contributed by atoms with Crippen LogP contribution in [0.3, 0.4) is 0 Å². The van der Waals surface area contributed by atoms with E-state index in [2.05, 4.69) is 10.6 Å². The van der Waals surface area contributed by atoms with Crippen LogP contribution in [0, 0.1) is 0 Å². The van der Waals surface area contributed by atoms with Crippen molar-refractivity contribution < 1.29 is 19.1 Å². The Kier molecular flexibility index (Phi) is 7.17. The third-order valence-corrected chi connectivity index (χ3v) is 3.66. The van der Waals surface area contributed by atoms with Gasteiger partial charge in [-0.15, -0.1) is 0 Å². The van der Waals surface area contributed by atoms with Crippen LogP contribution < -0.4 is 10.6 Å². The van der Waals surface area contributed by atoms with Gasteiger partial charge in [0.05, 0.1) is 12.5 Å². The van der Waals surface area contributed by atoms with E-state index in [9.17, 15) is 14.4 Å². The third kappa shape index (κ3) is 6.57. The van der Waals surface area contributed by atoms with Crippen LogP contribution in [-0.4, -0.2) is 24.4 Å². The molecule has 0 bridgehead atoms. The summed E-state index contributed by atoms with van der Waals surface area (Å²) in [5.41, 5.74) is 1.29. The Hall–Kier alpha value is -2.86. The standard InChI is InChI=1S/C19H19ClN2O4/c1-13(23)21-17(14-6-3-2-4-7-14)11-19(25)26-12-18(24)22-16-9-5-8-15(20)10-16/h2-10,17H,11-12H2,1H3,(H,21,23)(H,22,24)/t17-/m0/s1. The number of anilines is 1. The highest BCUT2D eigenvalue weighted by Crippen LogP contribution is 2.17. The van der Waals surface area contributed by atoms with Crippen molar-refractivity contribution in [3.8, 4) is 0 Å². The van der Waals surface area contributed by atoms with Gasteiger partial charge in [0.1, 0.15) is 0 Å². The molecule has 26 heavy (non-hydrogen) atoms. The van der Waals surface area contributed by atoms with E-state index in [0.29, 0.717) is 10.7 Å². The molecule has 7 heteroatoms. The second-order valence-electron chi connectivity index (χ2n) is 5.59. The molecular weight excluding hydrogens is 356 g/mol. The van der Waals surface area contributed by atoms with Gasteiger partial charge in [-0.05, 0) is 23.8 Å². The van der Waals surface area contributed by atoms with Crippen molar-refractivity contribution in [1.82, 2.24) is 5.32 Å². The molecule has 136 valence electrons. The van der Waals surface area contributed by atoms with Crippen molar-refractivity contribution in [2.45, 2.75) is 19.4 Å². The molecule has 0 fully saturated rings. The number of ether oxygens (including phenoxy) is 1. The summed E-state index contributed by atoms with van der Waals surface area (Å²) in [7, 11) is 0. The Bertz CT molecular complexity index is 780. The number of carbonyl (C=O) groups excluding carboxylic acids is 3. The van der Waals surface area contributed by atoms with Crippen molar-refractivity contribution in [3.63, 3.8) is 0 Å². The van der Waals surface area contributed by atoms with E-state index < -0.39 is 24.5 Å². The highest BCUT2D eigenvalue weighted by atomic mass is 35.5. The van der Waals surface area contributed by atoms with Gasteiger partial charge in [0.15, 0.2) is 6.61 Å². The molecule has 0 saturated carbocycles. The molecular formula is C19H19ClN2O4. The predicted molar refractivity (Wildman–Crippen MR) is 98.7 cm³/mol. The molecule has 0 aromatic heterocycles. The summed E-state index contributed by atoms with van der Waals surface area (Å²) < 4.78 is 5.00. The molecule has 2 amide bonds. The quantitative estimate of drug-likeness (QED) is 0.729. The van der Waals surface area contributed by atoms with Gasteiger partial charge in [-0.2, -0.15) is 0 Å². The first-order valence-corrected chi connectivity index (χ1v) is 8.35. The van der Waals surface area contributed by atoms with Crippen molar-refractivity contribution in [2.24, 2.45) is 0 Å². The third-order valence-electron chi connectivity index (χ3n) is 3.42. The zero-order valence-electron chi connectivity index (χ0n) is 14.2. The first kappa shape index (κ1) is 19.5. The van der Waals surface area contributed by atoms with Gasteiger partial charge < -0.3 is 15.4 Å². The van der Waals surface area contributed by atoms with E-state index in [1.807, 2.05) is 18.2 Å². The summed E-state index contributed by atoms with van der Waals surface area (Å²) in [4.78, 5) is 35.3. The molecule has 0 aliphatic rings. The lowest BCUT2D eigenvalue weighted by Crippen LogP contribution is -2.29. The summed E-state index contributed by atoms with van der Waals surface area (Å²) in [5.74, 6) is -1.32. The second kappa shape index (κ2) is 9.58. The molecule has 2 aromatic carbocycles. The normalized spacial score (nSPS) is 11.3. The van der Waals surface area contributed by atoms with E-state index in [-0.39, 0.29) is 12.3 Å². The SMILES string of the molecule is CC(=O)N[C@@H](CC(=O)OCC(=O)Nc1cccc(Cl)c1)c1ccccc1. The van der Waals surface area contributed by atoms with Crippen LogP contribution in [0.4, 0.5) is 5.69 Å². The number of amides is 2. The van der Waals surface area contributed by atoms with Crippen LogP contribution in [0.1, 0.15) is 24.9 Å². The Balaban J connectivity index is 1.87. The lowest BCUT2D eigenvalue weighted by Gasteiger charge is -2.17. The van der Waals surface area contributed by atoms with E-state index in [0.717, 1.165) is 5.56 Å². The Morgan fingerprint density at radius 1 is 1.08 bits per heavy atom. The maximum Gasteiger partial charge on any atom is 0.308 e. The van der Waals surface area contributed by atoms with Crippen LogP contribution in [0.2, 0.25) is 5.02 Å². The molecule has 6 nitrogen and oxygen atoms in total. The average molecular weight is 375 g/mol. The summed E-state index contributed by atoms with van der Waals surface area (Å²) in [6.07, 6.45) is -0.0754. The lowest BCUT2D eigenvalue weighted by atomic mass is 10.0. The molecule has 0 heterocycles. The highest BCUT2D eigenvalue weighted by Gasteiger charge is 2.18. The zero-order chi connectivity index (χ0) is 18.9. The summed E-state index contributed by atoms with van der Waals surface area (Å²) in [6.45, 7) is 0.951. The van der Waals surface area contributed by atoms with E-state index in [1.54, 1.807) is 36.4 Å². The average Bonchev–Trinajstić information content (AvgIpc) is 2.60. The molecule has 2 N–H and O–H groups in total. The van der Waals surface area contributed by atoms with Crippen LogP contribution >= 0.6 is 11.6 Å². The van der Waals surface area contributed by atoms with Gasteiger partial charge in [0.25, 0.3) is 5.91 Å². The fourth-order valence-corrected chi connectivity index (χ4v) is 2.51. The van der Waals surface area contributed by atoms with Crippen LogP contribution in [0.15, 0.2) is 54.6 Å². The van der Waals surface area contributed by atoms with Crippen molar-refractivity contribution in [3.05, 3.63) is 65.2 Å². The molecule has 0 aliphatic carbocycles. The second-order valence-corrected chi connectivity index (χ2v) is 6.02. The highest BCUT2D eigenvalue weighted by molar-refractivity contribution is 6.30. The van der Waals surface area contributed by atoms with E-state index in [1.165, 1.54) is 6.92 Å². The first-order chi connectivity index (χ1) is 12.4. The predicted octanol–water partition coefficient (Wildman–Crippen LogP) is 3.09. The minimum absolute atomic E-state index is 0.0754. The molecule has 0 radical (unpaired) electrons. The number of esters is 1. The van der Waals surface area contributed by atoms with Crippen LogP contribution in [0.5, 0.6) is 0 Å². The topological polar surface area (TPSA) is 84.5 Å². The van der Waals surface area contributed by atoms with Gasteiger partial charge in [-0.25, -0.2) is 0 Å². The molecule has 2 aromatic rings. The lowest BCUT2D eigenvalue weighted by molar-refractivity contribution is -0.148. The van der Waals surface area contributed by atoms with Gasteiger partial charge >= 0.3 is 5.97 Å². The van der Waals surface area contributed by atoms with E-state index in [4.69, 9.17) is 16.3 Å². The van der Waals surface area contributed by atoms with Crippen molar-refractivity contribution >= 4 is 35.1 Å². The van der Waals surface area contributed by atoms with Gasteiger partial charge in [-0.1, -0.05) is 48.0 Å². The Morgan fingerprint density at radius 3 is 2.46 bits per heavy atom. The van der Waals surface area contributed by atoms with Crippen LogP contribution in [0.25, 0.3) is 0 Å². The summed E-state index contributed by atoms with van der Waals surface area (Å²) >= 11 is 5.84. The monoisotopic (exact) mass is 374 g/mol. The molecule has 0 unspecified atom stereocenters. The number of carbonyl (C=O) groups is 3. The molecule has 2 rings (SSSR count). The molecule has 0 spiro atoms. The van der Waals surface area contributed by atoms with Crippen molar-refractivity contribution in [2.75, 3.05) is 11.9 Å². The number of hydrogen-bond acceptors (Lipinski definition) is 4. The minimum atomic E-state index is -0.589. The number of rotatable bonds is 7. The Labute approximate surface area is 156 Å². The van der Waals surface area contributed by atoms with E-state index >= 15 is 0 Å². The maximum atomic E-state index is 12.0. The van der Waals surface area contributed by atoms with Gasteiger partial charge in [-0.3, -0.25) is 14.4 Å². The molecule has 1 atom stereocenters. The fraction of sp³-hybridized carbons (Fsp3) is 0.211. The fourth-order valence-electron chi connectivity index (χ4n) is 2.32. The number of benzene rings is 2. The van der Waals surface area contributed by atoms with Crippen LogP contribution in [-0.2, 0) is 19.1 Å². The first-order valence-electron chi connectivity index (χ1n) is 7.97. The summed E-state index contributed by atoms with van der Waals surface area (Å²) in [5, 5.41) is 5.78. The number of nitrogens with one attached hydrogen (secondary N) is 2. The number of halogens is 1. The maximum absolute atomic E-state index is 12.0. The minimum Gasteiger partial charge on any atom is -0.455 e. The van der Waals surface area contributed by atoms with Crippen molar-refractivity contribution in [1.29, 1.82) is 0 Å². The molecule has 0 saturated heterocycles. The zero-order valence-corrected chi connectivity index (χ0v) is 15.0.